The molecule has 0 aliphatic heterocycles. The van der Waals surface area contributed by atoms with Gasteiger partial charge in [-0.15, -0.1) is 11.3 Å². The standard InChI is InChI=1S/C11H12N2O3S/c1-6-3-4-8(16-6)5-12-11-13-9(10(14)15)7(2)17-11/h3-4H,5H2,1-2H3,(H,12,13)(H,14,15). The maximum atomic E-state index is 10.8. The van der Waals surface area contributed by atoms with Crippen LogP contribution in [-0.2, 0) is 6.54 Å². The molecule has 5 nitrogen and oxygen atoms in total. The number of nitrogens with zero attached hydrogens (tertiary/aromatic N) is 1. The molecule has 0 spiro atoms. The molecule has 2 N–H and O–H groups in total. The van der Waals surface area contributed by atoms with Gasteiger partial charge < -0.3 is 14.8 Å². The van der Waals surface area contributed by atoms with Gasteiger partial charge in [0, 0.05) is 4.88 Å². The second-order valence-electron chi connectivity index (χ2n) is 3.59. The van der Waals surface area contributed by atoms with Crippen molar-refractivity contribution >= 4 is 22.4 Å². The van der Waals surface area contributed by atoms with E-state index in [2.05, 4.69) is 10.3 Å². The molecular formula is C11H12N2O3S. The number of carboxylic acids is 1. The average Bonchev–Trinajstić information content (AvgIpc) is 2.82. The Bertz CT molecular complexity index is 545. The van der Waals surface area contributed by atoms with Crippen LogP contribution in [0.3, 0.4) is 0 Å². The fraction of sp³-hybridized carbons (Fsp3) is 0.273. The van der Waals surface area contributed by atoms with Crippen molar-refractivity contribution in [1.29, 1.82) is 0 Å². The molecule has 0 aromatic carbocycles. The molecule has 0 atom stereocenters. The average molecular weight is 252 g/mol. The van der Waals surface area contributed by atoms with Crippen molar-refractivity contribution in [2.45, 2.75) is 20.4 Å². The van der Waals surface area contributed by atoms with Crippen molar-refractivity contribution in [3.63, 3.8) is 0 Å². The predicted molar refractivity (Wildman–Crippen MR) is 64.6 cm³/mol. The van der Waals surface area contributed by atoms with Gasteiger partial charge in [0.2, 0.25) is 0 Å². The lowest BCUT2D eigenvalue weighted by molar-refractivity contribution is 0.0690. The van der Waals surface area contributed by atoms with Crippen LogP contribution in [0, 0.1) is 13.8 Å². The summed E-state index contributed by atoms with van der Waals surface area (Å²) in [7, 11) is 0. The quantitative estimate of drug-likeness (QED) is 0.875. The first kappa shape index (κ1) is 11.7. The lowest BCUT2D eigenvalue weighted by Gasteiger charge is -1.98. The van der Waals surface area contributed by atoms with Gasteiger partial charge >= 0.3 is 5.97 Å². The Morgan fingerprint density at radius 3 is 2.82 bits per heavy atom. The molecule has 0 fully saturated rings. The summed E-state index contributed by atoms with van der Waals surface area (Å²) in [5.74, 6) is 0.649. The summed E-state index contributed by atoms with van der Waals surface area (Å²) in [5, 5.41) is 12.5. The Hall–Kier alpha value is -1.82. The minimum atomic E-state index is -0.999. The molecule has 17 heavy (non-hydrogen) atoms. The highest BCUT2D eigenvalue weighted by Gasteiger charge is 2.13. The molecule has 0 unspecified atom stereocenters. The molecule has 2 aromatic heterocycles. The third-order valence-corrected chi connectivity index (χ3v) is 3.14. The van der Waals surface area contributed by atoms with Gasteiger partial charge in [0.25, 0.3) is 0 Å². The number of rotatable bonds is 4. The second kappa shape index (κ2) is 4.58. The van der Waals surface area contributed by atoms with Crippen LogP contribution >= 0.6 is 11.3 Å². The molecule has 2 rings (SSSR count). The molecule has 6 heteroatoms. The number of carbonyl (C=O) groups is 1. The second-order valence-corrected chi connectivity index (χ2v) is 4.80. The van der Waals surface area contributed by atoms with E-state index in [9.17, 15) is 4.79 Å². The van der Waals surface area contributed by atoms with Crippen molar-refractivity contribution < 1.29 is 14.3 Å². The number of anilines is 1. The highest BCUT2D eigenvalue weighted by atomic mass is 32.1. The fourth-order valence-corrected chi connectivity index (χ4v) is 2.21. The first-order chi connectivity index (χ1) is 8.06. The Balaban J connectivity index is 2.04. The SMILES string of the molecule is Cc1ccc(CNc2nc(C(=O)O)c(C)s2)o1. The van der Waals surface area contributed by atoms with Gasteiger partial charge in [0.1, 0.15) is 11.5 Å². The summed E-state index contributed by atoms with van der Waals surface area (Å²) in [6.45, 7) is 4.11. The fourth-order valence-electron chi connectivity index (χ4n) is 1.41. The molecular weight excluding hydrogens is 240 g/mol. The van der Waals surface area contributed by atoms with E-state index in [4.69, 9.17) is 9.52 Å². The third kappa shape index (κ3) is 2.65. The molecule has 0 aliphatic carbocycles. The number of aromatic carboxylic acids is 1. The van der Waals surface area contributed by atoms with Crippen molar-refractivity contribution in [1.82, 2.24) is 4.98 Å². The maximum Gasteiger partial charge on any atom is 0.355 e. The van der Waals surface area contributed by atoms with Gasteiger partial charge in [-0.25, -0.2) is 9.78 Å². The number of hydrogen-bond acceptors (Lipinski definition) is 5. The normalized spacial score (nSPS) is 10.5. The molecule has 0 aliphatic rings. The van der Waals surface area contributed by atoms with Gasteiger partial charge in [-0.1, -0.05) is 0 Å². The third-order valence-electron chi connectivity index (χ3n) is 2.21. The minimum absolute atomic E-state index is 0.105. The Morgan fingerprint density at radius 2 is 2.29 bits per heavy atom. The highest BCUT2D eigenvalue weighted by molar-refractivity contribution is 7.15. The van der Waals surface area contributed by atoms with Crippen LogP contribution in [-0.4, -0.2) is 16.1 Å². The Morgan fingerprint density at radius 1 is 1.53 bits per heavy atom. The summed E-state index contributed by atoms with van der Waals surface area (Å²) in [6.07, 6.45) is 0. The minimum Gasteiger partial charge on any atom is -0.476 e. The summed E-state index contributed by atoms with van der Waals surface area (Å²) in [4.78, 5) is 15.5. The van der Waals surface area contributed by atoms with E-state index < -0.39 is 5.97 Å². The first-order valence-electron chi connectivity index (χ1n) is 5.06. The number of aryl methyl sites for hydroxylation is 2. The van der Waals surface area contributed by atoms with E-state index in [0.29, 0.717) is 16.6 Å². The molecule has 0 bridgehead atoms. The zero-order valence-electron chi connectivity index (χ0n) is 9.48. The van der Waals surface area contributed by atoms with E-state index >= 15 is 0 Å². The van der Waals surface area contributed by atoms with Gasteiger partial charge in [-0.3, -0.25) is 0 Å². The first-order valence-corrected chi connectivity index (χ1v) is 5.88. The molecule has 0 saturated carbocycles. The summed E-state index contributed by atoms with van der Waals surface area (Å²) in [5.41, 5.74) is 0.105. The number of thiazole rings is 1. The maximum absolute atomic E-state index is 10.8. The zero-order chi connectivity index (χ0) is 12.4. The van der Waals surface area contributed by atoms with E-state index in [1.807, 2.05) is 19.1 Å². The van der Waals surface area contributed by atoms with Crippen LogP contribution in [0.15, 0.2) is 16.5 Å². The number of furan rings is 1. The molecule has 0 radical (unpaired) electrons. The smallest absolute Gasteiger partial charge is 0.355 e. The zero-order valence-corrected chi connectivity index (χ0v) is 10.3. The number of aromatic nitrogens is 1. The number of carboxylic acid groups (broad SMARTS) is 1. The molecule has 0 amide bonds. The highest BCUT2D eigenvalue weighted by Crippen LogP contribution is 2.22. The molecule has 2 heterocycles. The largest absolute Gasteiger partial charge is 0.476 e. The van der Waals surface area contributed by atoms with Gasteiger partial charge in [0.05, 0.1) is 6.54 Å². The van der Waals surface area contributed by atoms with E-state index in [1.165, 1.54) is 11.3 Å². The van der Waals surface area contributed by atoms with Crippen molar-refractivity contribution in [3.05, 3.63) is 34.2 Å². The van der Waals surface area contributed by atoms with E-state index in [1.54, 1.807) is 6.92 Å². The summed E-state index contributed by atoms with van der Waals surface area (Å²) < 4.78 is 5.39. The summed E-state index contributed by atoms with van der Waals surface area (Å²) >= 11 is 1.32. The topological polar surface area (TPSA) is 75.4 Å². The van der Waals surface area contributed by atoms with Crippen LogP contribution in [0.2, 0.25) is 0 Å². The lowest BCUT2D eigenvalue weighted by Crippen LogP contribution is -2.01. The number of hydrogen-bond donors (Lipinski definition) is 2. The molecule has 90 valence electrons. The van der Waals surface area contributed by atoms with Gasteiger partial charge in [-0.05, 0) is 26.0 Å². The molecule has 0 saturated heterocycles. The van der Waals surface area contributed by atoms with Crippen LogP contribution < -0.4 is 5.32 Å². The van der Waals surface area contributed by atoms with Crippen LogP contribution in [0.1, 0.15) is 26.9 Å². The monoisotopic (exact) mass is 252 g/mol. The van der Waals surface area contributed by atoms with Crippen LogP contribution in [0.4, 0.5) is 5.13 Å². The van der Waals surface area contributed by atoms with Crippen molar-refractivity contribution in [3.8, 4) is 0 Å². The Labute approximate surface area is 102 Å². The van der Waals surface area contributed by atoms with E-state index in [0.717, 1.165) is 11.5 Å². The summed E-state index contributed by atoms with van der Waals surface area (Å²) in [6, 6.07) is 3.76. The lowest BCUT2D eigenvalue weighted by atomic mass is 10.4. The van der Waals surface area contributed by atoms with Crippen molar-refractivity contribution in [2.75, 3.05) is 5.32 Å². The predicted octanol–water partition coefficient (Wildman–Crippen LogP) is 2.66. The van der Waals surface area contributed by atoms with Crippen molar-refractivity contribution in [2.24, 2.45) is 0 Å². The van der Waals surface area contributed by atoms with Crippen LogP contribution in [0.25, 0.3) is 0 Å². The van der Waals surface area contributed by atoms with Gasteiger partial charge in [-0.2, -0.15) is 0 Å². The molecule has 2 aromatic rings. The number of nitrogens with one attached hydrogen (secondary N) is 1. The van der Waals surface area contributed by atoms with Gasteiger partial charge in [0.15, 0.2) is 10.8 Å². The van der Waals surface area contributed by atoms with Crippen LogP contribution in [0.5, 0.6) is 0 Å². The Kier molecular flexibility index (Phi) is 3.14. The van der Waals surface area contributed by atoms with E-state index in [-0.39, 0.29) is 5.69 Å².